The van der Waals surface area contributed by atoms with Crippen LogP contribution in [0.25, 0.3) is 0 Å². The van der Waals surface area contributed by atoms with E-state index in [1.54, 1.807) is 0 Å². The van der Waals surface area contributed by atoms with Crippen LogP contribution in [-0.2, 0) is 4.79 Å². The summed E-state index contributed by atoms with van der Waals surface area (Å²) in [5, 5.41) is 8.36. The van der Waals surface area contributed by atoms with Gasteiger partial charge in [-0.1, -0.05) is 37.0 Å². The van der Waals surface area contributed by atoms with Gasteiger partial charge in [0.05, 0.1) is 6.54 Å². The lowest BCUT2D eigenvalue weighted by Crippen LogP contribution is -2.45. The molecule has 0 atom stereocenters. The van der Waals surface area contributed by atoms with Crippen molar-refractivity contribution in [1.29, 1.82) is 0 Å². The first kappa shape index (κ1) is 16.3. The van der Waals surface area contributed by atoms with Gasteiger partial charge in [-0.3, -0.25) is 4.79 Å². The highest BCUT2D eigenvalue weighted by Gasteiger charge is 2.15. The van der Waals surface area contributed by atoms with Crippen LogP contribution in [0.2, 0.25) is 0 Å². The fourth-order valence-electron chi connectivity index (χ4n) is 2.79. The number of urea groups is 1. The smallest absolute Gasteiger partial charge is 0.315 e. The molecule has 22 heavy (non-hydrogen) atoms. The summed E-state index contributed by atoms with van der Waals surface area (Å²) < 4.78 is 0. The van der Waals surface area contributed by atoms with E-state index in [-0.39, 0.29) is 24.5 Å². The first-order valence-corrected chi connectivity index (χ1v) is 7.96. The maximum atomic E-state index is 11.9. The van der Waals surface area contributed by atoms with Gasteiger partial charge in [0.1, 0.15) is 0 Å². The molecule has 0 saturated heterocycles. The Morgan fingerprint density at radius 3 is 2.55 bits per heavy atom. The van der Waals surface area contributed by atoms with Gasteiger partial charge in [-0.15, -0.1) is 0 Å². The third-order valence-corrected chi connectivity index (χ3v) is 4.01. The number of amides is 3. The Bertz CT molecular complexity index is 537. The summed E-state index contributed by atoms with van der Waals surface area (Å²) >= 11 is 0. The summed E-state index contributed by atoms with van der Waals surface area (Å²) in [7, 11) is 0. The van der Waals surface area contributed by atoms with E-state index in [1.807, 2.05) is 32.0 Å². The van der Waals surface area contributed by atoms with Gasteiger partial charge in [-0.25, -0.2) is 4.79 Å². The van der Waals surface area contributed by atoms with Gasteiger partial charge in [0.2, 0.25) is 5.91 Å². The predicted molar refractivity (Wildman–Crippen MR) is 88.0 cm³/mol. The number of aryl methyl sites for hydroxylation is 2. The second kappa shape index (κ2) is 7.82. The molecule has 120 valence electrons. The number of benzene rings is 1. The Morgan fingerprint density at radius 1 is 1.14 bits per heavy atom. The monoisotopic (exact) mass is 303 g/mol. The van der Waals surface area contributed by atoms with E-state index in [1.165, 1.54) is 6.42 Å². The van der Waals surface area contributed by atoms with E-state index >= 15 is 0 Å². The molecule has 3 amide bonds. The van der Waals surface area contributed by atoms with Crippen LogP contribution in [0.15, 0.2) is 18.2 Å². The number of carbonyl (C=O) groups is 2. The van der Waals surface area contributed by atoms with Crippen molar-refractivity contribution in [2.75, 3.05) is 11.9 Å². The molecular weight excluding hydrogens is 278 g/mol. The predicted octanol–water partition coefficient (Wildman–Crippen LogP) is 2.87. The van der Waals surface area contributed by atoms with Gasteiger partial charge in [0, 0.05) is 11.7 Å². The van der Waals surface area contributed by atoms with Crippen molar-refractivity contribution in [2.24, 2.45) is 0 Å². The van der Waals surface area contributed by atoms with Crippen molar-refractivity contribution < 1.29 is 9.59 Å². The number of carbonyl (C=O) groups excluding carboxylic acids is 2. The molecule has 1 aliphatic carbocycles. The van der Waals surface area contributed by atoms with Crippen molar-refractivity contribution in [3.63, 3.8) is 0 Å². The van der Waals surface area contributed by atoms with Crippen molar-refractivity contribution in [2.45, 2.75) is 52.0 Å². The second-order valence-corrected chi connectivity index (χ2v) is 6.03. The fourth-order valence-corrected chi connectivity index (χ4v) is 2.79. The SMILES string of the molecule is Cc1ccc(NC(=O)CNC(=O)NC2CCCCC2)c(C)c1. The Labute approximate surface area is 131 Å². The lowest BCUT2D eigenvalue weighted by atomic mass is 9.96. The molecule has 0 spiro atoms. The molecule has 3 N–H and O–H groups in total. The molecule has 0 heterocycles. The standard InChI is InChI=1S/C17H25N3O2/c1-12-8-9-15(13(2)10-12)20-16(21)11-18-17(22)19-14-6-4-3-5-7-14/h8-10,14H,3-7,11H2,1-2H3,(H,20,21)(H2,18,19,22). The zero-order chi connectivity index (χ0) is 15.9. The Balaban J connectivity index is 1.73. The third-order valence-electron chi connectivity index (χ3n) is 4.01. The lowest BCUT2D eigenvalue weighted by molar-refractivity contribution is -0.115. The van der Waals surface area contributed by atoms with E-state index in [4.69, 9.17) is 0 Å². The van der Waals surface area contributed by atoms with Crippen LogP contribution in [-0.4, -0.2) is 24.5 Å². The van der Waals surface area contributed by atoms with Gasteiger partial charge in [-0.05, 0) is 38.3 Å². The topological polar surface area (TPSA) is 70.2 Å². The van der Waals surface area contributed by atoms with Crippen LogP contribution in [0.4, 0.5) is 10.5 Å². The molecule has 1 aromatic carbocycles. The van der Waals surface area contributed by atoms with Crippen LogP contribution < -0.4 is 16.0 Å². The van der Waals surface area contributed by atoms with Crippen molar-refractivity contribution in [1.82, 2.24) is 10.6 Å². The summed E-state index contributed by atoms with van der Waals surface area (Å²) in [5.41, 5.74) is 2.95. The minimum Gasteiger partial charge on any atom is -0.335 e. The summed E-state index contributed by atoms with van der Waals surface area (Å²) in [4.78, 5) is 23.7. The molecule has 1 fully saturated rings. The minimum atomic E-state index is -0.261. The first-order chi connectivity index (χ1) is 10.5. The highest BCUT2D eigenvalue weighted by Crippen LogP contribution is 2.17. The van der Waals surface area contributed by atoms with Crippen LogP contribution >= 0.6 is 0 Å². The average molecular weight is 303 g/mol. The van der Waals surface area contributed by atoms with Crippen LogP contribution in [0.1, 0.15) is 43.2 Å². The van der Waals surface area contributed by atoms with Crippen molar-refractivity contribution in [3.8, 4) is 0 Å². The quantitative estimate of drug-likeness (QED) is 0.800. The molecule has 0 aliphatic heterocycles. The van der Waals surface area contributed by atoms with Gasteiger partial charge in [0.15, 0.2) is 0 Å². The number of anilines is 1. The Hall–Kier alpha value is -2.04. The zero-order valence-corrected chi connectivity index (χ0v) is 13.4. The maximum absolute atomic E-state index is 11.9. The molecule has 0 aromatic heterocycles. The fraction of sp³-hybridized carbons (Fsp3) is 0.529. The molecule has 0 bridgehead atoms. The normalized spacial score (nSPS) is 15.2. The molecule has 5 heteroatoms. The molecule has 0 radical (unpaired) electrons. The molecule has 1 aromatic rings. The number of nitrogens with one attached hydrogen (secondary N) is 3. The second-order valence-electron chi connectivity index (χ2n) is 6.03. The molecule has 0 unspecified atom stereocenters. The largest absolute Gasteiger partial charge is 0.335 e. The highest BCUT2D eigenvalue weighted by molar-refractivity contribution is 5.94. The number of rotatable bonds is 4. The van der Waals surface area contributed by atoms with Crippen molar-refractivity contribution >= 4 is 17.6 Å². The van der Waals surface area contributed by atoms with Crippen LogP contribution in [0, 0.1) is 13.8 Å². The average Bonchev–Trinajstić information content (AvgIpc) is 2.49. The summed E-state index contributed by atoms with van der Waals surface area (Å²) in [6.07, 6.45) is 5.64. The van der Waals surface area contributed by atoms with E-state index in [0.29, 0.717) is 0 Å². The first-order valence-electron chi connectivity index (χ1n) is 7.96. The minimum absolute atomic E-state index is 0.0220. The van der Waals surface area contributed by atoms with Crippen molar-refractivity contribution in [3.05, 3.63) is 29.3 Å². The Kier molecular flexibility index (Phi) is 5.81. The molecule has 1 aliphatic rings. The van der Waals surface area contributed by atoms with Gasteiger partial charge >= 0.3 is 6.03 Å². The van der Waals surface area contributed by atoms with E-state index in [2.05, 4.69) is 16.0 Å². The van der Waals surface area contributed by atoms with Crippen LogP contribution in [0.5, 0.6) is 0 Å². The van der Waals surface area contributed by atoms with E-state index in [9.17, 15) is 9.59 Å². The van der Waals surface area contributed by atoms with Gasteiger partial charge < -0.3 is 16.0 Å². The van der Waals surface area contributed by atoms with E-state index in [0.717, 1.165) is 42.5 Å². The third kappa shape index (κ3) is 5.06. The lowest BCUT2D eigenvalue weighted by Gasteiger charge is -2.22. The summed E-state index contributed by atoms with van der Waals surface area (Å²) in [6, 6.07) is 5.83. The molecule has 1 saturated carbocycles. The molecule has 5 nitrogen and oxygen atoms in total. The highest BCUT2D eigenvalue weighted by atomic mass is 16.2. The Morgan fingerprint density at radius 2 is 1.86 bits per heavy atom. The number of hydrogen-bond acceptors (Lipinski definition) is 2. The molecule has 2 rings (SSSR count). The van der Waals surface area contributed by atoms with Crippen LogP contribution in [0.3, 0.4) is 0 Å². The summed E-state index contributed by atoms with van der Waals surface area (Å²) in [6.45, 7) is 3.94. The summed E-state index contributed by atoms with van der Waals surface area (Å²) in [5.74, 6) is -0.217. The maximum Gasteiger partial charge on any atom is 0.315 e. The zero-order valence-electron chi connectivity index (χ0n) is 13.4. The molecular formula is C17H25N3O2. The van der Waals surface area contributed by atoms with Gasteiger partial charge in [0.25, 0.3) is 0 Å². The van der Waals surface area contributed by atoms with Gasteiger partial charge in [-0.2, -0.15) is 0 Å². The number of hydrogen-bond donors (Lipinski definition) is 3. The van der Waals surface area contributed by atoms with E-state index < -0.39 is 0 Å².